The molecular formula is C16H22N2O3. The van der Waals surface area contributed by atoms with E-state index in [1.54, 1.807) is 11.8 Å². The van der Waals surface area contributed by atoms with Crippen LogP contribution in [0.1, 0.15) is 50.5 Å². The topological polar surface area (TPSA) is 62.6 Å². The van der Waals surface area contributed by atoms with Crippen molar-refractivity contribution < 1.29 is 14.0 Å². The van der Waals surface area contributed by atoms with Crippen LogP contribution in [-0.2, 0) is 16.1 Å². The van der Waals surface area contributed by atoms with Gasteiger partial charge in [0.05, 0.1) is 6.54 Å². The van der Waals surface area contributed by atoms with Crippen molar-refractivity contribution in [2.45, 2.75) is 64.1 Å². The second kappa shape index (κ2) is 5.20. The van der Waals surface area contributed by atoms with Gasteiger partial charge in [-0.3, -0.25) is 9.59 Å². The molecule has 21 heavy (non-hydrogen) atoms. The number of carbonyl (C=O) groups excluding carboxylic acids is 2. The summed E-state index contributed by atoms with van der Waals surface area (Å²) in [5, 5.41) is 2.99. The van der Waals surface area contributed by atoms with Gasteiger partial charge in [-0.1, -0.05) is 19.3 Å². The Bertz CT molecular complexity index is 558. The van der Waals surface area contributed by atoms with Crippen molar-refractivity contribution in [2.24, 2.45) is 0 Å². The average Bonchev–Trinajstić information content (AvgIpc) is 2.88. The summed E-state index contributed by atoms with van der Waals surface area (Å²) in [6.07, 6.45) is 4.62. The molecule has 1 atom stereocenters. The molecule has 114 valence electrons. The van der Waals surface area contributed by atoms with E-state index >= 15 is 0 Å². The second-order valence-corrected chi connectivity index (χ2v) is 6.25. The van der Waals surface area contributed by atoms with Crippen molar-refractivity contribution in [3.8, 4) is 0 Å². The Balaban J connectivity index is 1.86. The van der Waals surface area contributed by atoms with Crippen LogP contribution in [0.15, 0.2) is 16.5 Å². The number of nitrogens with zero attached hydrogens (tertiary/aromatic N) is 1. The first-order chi connectivity index (χ1) is 10.0. The van der Waals surface area contributed by atoms with Gasteiger partial charge >= 0.3 is 0 Å². The molecule has 1 aliphatic carbocycles. The third kappa shape index (κ3) is 2.45. The maximum Gasteiger partial charge on any atom is 0.249 e. The lowest BCUT2D eigenvalue weighted by atomic mass is 9.78. The molecule has 2 fully saturated rings. The van der Waals surface area contributed by atoms with E-state index < -0.39 is 11.6 Å². The molecule has 0 aromatic carbocycles. The van der Waals surface area contributed by atoms with Gasteiger partial charge in [-0.15, -0.1) is 0 Å². The van der Waals surface area contributed by atoms with Crippen molar-refractivity contribution >= 4 is 11.8 Å². The third-order valence-electron chi connectivity index (χ3n) is 4.71. The Labute approximate surface area is 124 Å². The Morgan fingerprint density at radius 2 is 2.00 bits per heavy atom. The van der Waals surface area contributed by atoms with Gasteiger partial charge in [0.1, 0.15) is 23.1 Å². The maximum absolute atomic E-state index is 12.9. The summed E-state index contributed by atoms with van der Waals surface area (Å²) >= 11 is 0. The van der Waals surface area contributed by atoms with Gasteiger partial charge in [0.15, 0.2) is 0 Å². The summed E-state index contributed by atoms with van der Waals surface area (Å²) in [7, 11) is 0. The monoisotopic (exact) mass is 290 g/mol. The highest BCUT2D eigenvalue weighted by molar-refractivity contribution is 5.99. The smallest absolute Gasteiger partial charge is 0.249 e. The molecule has 1 N–H and O–H groups in total. The van der Waals surface area contributed by atoms with Gasteiger partial charge in [-0.05, 0) is 38.8 Å². The number of aryl methyl sites for hydroxylation is 1. The van der Waals surface area contributed by atoms with Crippen molar-refractivity contribution in [3.63, 3.8) is 0 Å². The highest BCUT2D eigenvalue weighted by Gasteiger charge is 2.49. The molecule has 0 bridgehead atoms. The summed E-state index contributed by atoms with van der Waals surface area (Å²) in [5.74, 6) is 1.54. The van der Waals surface area contributed by atoms with Crippen LogP contribution in [0.5, 0.6) is 0 Å². The molecule has 3 rings (SSSR count). The van der Waals surface area contributed by atoms with Gasteiger partial charge < -0.3 is 14.6 Å². The minimum atomic E-state index is -0.677. The zero-order chi connectivity index (χ0) is 15.0. The summed E-state index contributed by atoms with van der Waals surface area (Å²) in [4.78, 5) is 26.9. The van der Waals surface area contributed by atoms with Crippen LogP contribution in [0, 0.1) is 6.92 Å². The number of carbonyl (C=O) groups is 2. The standard InChI is InChI=1S/C16H22N2O3/c1-11-6-7-13(21-11)10-18-12(2)14(19)17-16(15(18)20)8-4-3-5-9-16/h6-7,12H,3-5,8-10H2,1-2H3,(H,17,19). The molecule has 0 radical (unpaired) electrons. The largest absolute Gasteiger partial charge is 0.464 e. The molecular weight excluding hydrogens is 268 g/mol. The molecule has 1 aliphatic heterocycles. The fraction of sp³-hybridized carbons (Fsp3) is 0.625. The molecule has 2 amide bonds. The van der Waals surface area contributed by atoms with Gasteiger partial charge in [-0.2, -0.15) is 0 Å². The molecule has 1 aromatic rings. The minimum absolute atomic E-state index is 0.0448. The van der Waals surface area contributed by atoms with Gasteiger partial charge in [0.2, 0.25) is 11.8 Å². The highest BCUT2D eigenvalue weighted by atomic mass is 16.3. The van der Waals surface area contributed by atoms with E-state index in [0.717, 1.165) is 43.6 Å². The Kier molecular flexibility index (Phi) is 3.51. The lowest BCUT2D eigenvalue weighted by molar-refractivity contribution is -0.157. The van der Waals surface area contributed by atoms with E-state index in [9.17, 15) is 9.59 Å². The predicted octanol–water partition coefficient (Wildman–Crippen LogP) is 2.14. The van der Waals surface area contributed by atoms with Gasteiger partial charge in [0, 0.05) is 0 Å². The van der Waals surface area contributed by atoms with E-state index in [0.29, 0.717) is 6.54 Å². The molecule has 1 aromatic heterocycles. The number of rotatable bonds is 2. The number of nitrogens with one attached hydrogen (secondary N) is 1. The third-order valence-corrected chi connectivity index (χ3v) is 4.71. The first-order valence-corrected chi connectivity index (χ1v) is 7.70. The quantitative estimate of drug-likeness (QED) is 0.907. The Morgan fingerprint density at radius 3 is 2.62 bits per heavy atom. The fourth-order valence-electron chi connectivity index (χ4n) is 3.43. The summed E-state index contributed by atoms with van der Waals surface area (Å²) in [5.41, 5.74) is -0.677. The first kappa shape index (κ1) is 14.2. The zero-order valence-electron chi connectivity index (χ0n) is 12.6. The normalized spacial score (nSPS) is 25.2. The van der Waals surface area contributed by atoms with E-state index in [1.807, 2.05) is 19.1 Å². The van der Waals surface area contributed by atoms with E-state index in [4.69, 9.17) is 4.42 Å². The first-order valence-electron chi connectivity index (χ1n) is 7.70. The molecule has 5 nitrogen and oxygen atoms in total. The molecule has 1 spiro atoms. The molecule has 1 saturated heterocycles. The van der Waals surface area contributed by atoms with Crippen LogP contribution in [0.2, 0.25) is 0 Å². The van der Waals surface area contributed by atoms with Crippen LogP contribution in [0.3, 0.4) is 0 Å². The van der Waals surface area contributed by atoms with Crippen LogP contribution in [0.4, 0.5) is 0 Å². The van der Waals surface area contributed by atoms with Crippen molar-refractivity contribution in [1.82, 2.24) is 10.2 Å². The number of hydrogen-bond donors (Lipinski definition) is 1. The molecule has 1 saturated carbocycles. The zero-order valence-corrected chi connectivity index (χ0v) is 12.6. The van der Waals surface area contributed by atoms with E-state index in [1.165, 1.54) is 0 Å². The summed E-state index contributed by atoms with van der Waals surface area (Å²) in [6.45, 7) is 4.02. The van der Waals surface area contributed by atoms with Gasteiger partial charge in [-0.25, -0.2) is 0 Å². The number of hydrogen-bond acceptors (Lipinski definition) is 3. The summed E-state index contributed by atoms with van der Waals surface area (Å²) in [6, 6.07) is 3.30. The SMILES string of the molecule is Cc1ccc(CN2C(=O)C3(CCCCC3)NC(=O)C2C)o1. The highest BCUT2D eigenvalue weighted by Crippen LogP contribution is 2.34. The van der Waals surface area contributed by atoms with Crippen LogP contribution in [-0.4, -0.2) is 28.3 Å². The number of amides is 2. The number of piperazine rings is 1. The molecule has 5 heteroatoms. The minimum Gasteiger partial charge on any atom is -0.464 e. The fourth-order valence-corrected chi connectivity index (χ4v) is 3.43. The van der Waals surface area contributed by atoms with Crippen LogP contribution >= 0.6 is 0 Å². The van der Waals surface area contributed by atoms with E-state index in [-0.39, 0.29) is 11.8 Å². The lowest BCUT2D eigenvalue weighted by Gasteiger charge is -2.46. The summed E-state index contributed by atoms with van der Waals surface area (Å²) < 4.78 is 5.57. The Hall–Kier alpha value is -1.78. The van der Waals surface area contributed by atoms with Gasteiger partial charge in [0.25, 0.3) is 0 Å². The predicted molar refractivity (Wildman–Crippen MR) is 77.4 cm³/mol. The van der Waals surface area contributed by atoms with Crippen LogP contribution in [0.25, 0.3) is 0 Å². The molecule has 1 unspecified atom stereocenters. The molecule has 2 aliphatic rings. The maximum atomic E-state index is 12.9. The van der Waals surface area contributed by atoms with E-state index in [2.05, 4.69) is 5.32 Å². The second-order valence-electron chi connectivity index (χ2n) is 6.25. The lowest BCUT2D eigenvalue weighted by Crippen LogP contribution is -2.69. The number of furan rings is 1. The average molecular weight is 290 g/mol. The van der Waals surface area contributed by atoms with Crippen molar-refractivity contribution in [3.05, 3.63) is 23.7 Å². The van der Waals surface area contributed by atoms with Crippen molar-refractivity contribution in [2.75, 3.05) is 0 Å². The Morgan fingerprint density at radius 1 is 1.29 bits per heavy atom. The van der Waals surface area contributed by atoms with Crippen LogP contribution < -0.4 is 5.32 Å². The van der Waals surface area contributed by atoms with Crippen molar-refractivity contribution in [1.29, 1.82) is 0 Å². The molecule has 2 heterocycles.